The van der Waals surface area contributed by atoms with Crippen molar-refractivity contribution in [3.8, 4) is 0 Å². The quantitative estimate of drug-likeness (QED) is 0.576. The number of primary amides is 1. The molecule has 70 valence electrons. The lowest BCUT2D eigenvalue weighted by Crippen LogP contribution is -2.25. The first-order valence-electron chi connectivity index (χ1n) is 3.45. The number of amides is 2. The van der Waals surface area contributed by atoms with Gasteiger partial charge in [0.05, 0.1) is 14.9 Å². The maximum Gasteiger partial charge on any atom is 0.332 e. The molecule has 0 spiro atoms. The number of carbonyl (C=O) groups excluding carboxylic acids is 1. The van der Waals surface area contributed by atoms with Gasteiger partial charge in [-0.1, -0.05) is 11.6 Å². The topological polar surface area (TPSA) is 67.5 Å². The Morgan fingerprint density at radius 1 is 1.69 bits per heavy atom. The number of hydrazone groups is 1. The minimum Gasteiger partial charge on any atom is -0.350 e. The van der Waals surface area contributed by atoms with Crippen molar-refractivity contribution < 1.29 is 4.79 Å². The van der Waals surface area contributed by atoms with E-state index < -0.39 is 6.03 Å². The first kappa shape index (κ1) is 10.0. The summed E-state index contributed by atoms with van der Waals surface area (Å²) in [5.41, 5.74) is 7.66. The Kier molecular flexibility index (Phi) is 3.27. The summed E-state index contributed by atoms with van der Waals surface area (Å²) in [5, 5.41) is 3.75. The van der Waals surface area contributed by atoms with Crippen molar-refractivity contribution in [1.82, 2.24) is 5.43 Å². The second-order valence-electron chi connectivity index (χ2n) is 2.28. The third-order valence-electron chi connectivity index (χ3n) is 1.26. The highest BCUT2D eigenvalue weighted by atomic mass is 35.5. The van der Waals surface area contributed by atoms with Crippen LogP contribution in [0.1, 0.15) is 11.8 Å². The predicted molar refractivity (Wildman–Crippen MR) is 54.3 cm³/mol. The molecule has 3 N–H and O–H groups in total. The van der Waals surface area contributed by atoms with E-state index in [1.54, 1.807) is 13.0 Å². The van der Waals surface area contributed by atoms with Crippen LogP contribution in [0.25, 0.3) is 0 Å². The Bertz CT molecular complexity index is 347. The van der Waals surface area contributed by atoms with Gasteiger partial charge in [-0.15, -0.1) is 11.3 Å². The molecule has 13 heavy (non-hydrogen) atoms. The summed E-state index contributed by atoms with van der Waals surface area (Å²) in [4.78, 5) is 11.2. The number of nitrogens with two attached hydrogens (primary N) is 1. The van der Waals surface area contributed by atoms with Gasteiger partial charge in [0.1, 0.15) is 0 Å². The highest BCUT2D eigenvalue weighted by Crippen LogP contribution is 2.21. The zero-order valence-corrected chi connectivity index (χ0v) is 8.45. The molecule has 0 radical (unpaired) electrons. The van der Waals surface area contributed by atoms with Crippen molar-refractivity contribution in [2.24, 2.45) is 10.8 Å². The number of rotatable bonds is 2. The van der Waals surface area contributed by atoms with Gasteiger partial charge in [0.2, 0.25) is 0 Å². The van der Waals surface area contributed by atoms with Gasteiger partial charge in [-0.3, -0.25) is 0 Å². The zero-order valence-electron chi connectivity index (χ0n) is 6.87. The van der Waals surface area contributed by atoms with Crippen LogP contribution in [0.15, 0.2) is 17.2 Å². The largest absolute Gasteiger partial charge is 0.350 e. The smallest absolute Gasteiger partial charge is 0.332 e. The Hall–Kier alpha value is -1.07. The van der Waals surface area contributed by atoms with E-state index >= 15 is 0 Å². The highest BCUT2D eigenvalue weighted by molar-refractivity contribution is 7.18. The summed E-state index contributed by atoms with van der Waals surface area (Å²) in [6.07, 6.45) is 0. The maximum atomic E-state index is 10.3. The van der Waals surface area contributed by atoms with E-state index in [2.05, 4.69) is 10.5 Å². The molecular formula is C7H8ClN3OS. The summed E-state index contributed by atoms with van der Waals surface area (Å²) in [7, 11) is 0. The van der Waals surface area contributed by atoms with Crippen molar-refractivity contribution in [3.05, 3.63) is 21.3 Å². The molecule has 6 heteroatoms. The number of thiophene rings is 1. The van der Waals surface area contributed by atoms with Crippen LogP contribution in [0, 0.1) is 0 Å². The molecule has 0 saturated carbocycles. The molecule has 0 saturated heterocycles. The minimum absolute atomic E-state index is 0.677. The SMILES string of the molecule is CC(=NNC(N)=O)c1ccc(Cl)s1. The second-order valence-corrected chi connectivity index (χ2v) is 3.99. The van der Waals surface area contributed by atoms with Crippen LogP contribution in [0.3, 0.4) is 0 Å². The average molecular weight is 218 g/mol. The number of carbonyl (C=O) groups is 1. The van der Waals surface area contributed by atoms with Gasteiger partial charge in [0.25, 0.3) is 0 Å². The van der Waals surface area contributed by atoms with Crippen molar-refractivity contribution in [3.63, 3.8) is 0 Å². The molecule has 1 aromatic heterocycles. The molecule has 0 bridgehead atoms. The fourth-order valence-corrected chi connectivity index (χ4v) is 1.69. The van der Waals surface area contributed by atoms with E-state index in [9.17, 15) is 4.79 Å². The first-order chi connectivity index (χ1) is 6.09. The van der Waals surface area contributed by atoms with Crippen molar-refractivity contribution in [2.75, 3.05) is 0 Å². The molecular weight excluding hydrogens is 210 g/mol. The van der Waals surface area contributed by atoms with Crippen LogP contribution >= 0.6 is 22.9 Å². The Labute approximate surface area is 84.4 Å². The number of hydrogen-bond donors (Lipinski definition) is 2. The molecule has 0 aliphatic heterocycles. The highest BCUT2D eigenvalue weighted by Gasteiger charge is 2.01. The zero-order chi connectivity index (χ0) is 9.84. The Morgan fingerprint density at radius 2 is 2.38 bits per heavy atom. The predicted octanol–water partition coefficient (Wildman–Crippen LogP) is 1.79. The van der Waals surface area contributed by atoms with Crippen molar-refractivity contribution >= 4 is 34.7 Å². The normalized spacial score (nSPS) is 11.4. The van der Waals surface area contributed by atoms with Crippen LogP contribution in [0.5, 0.6) is 0 Å². The number of nitrogens with one attached hydrogen (secondary N) is 1. The van der Waals surface area contributed by atoms with Crippen LogP contribution in [-0.4, -0.2) is 11.7 Å². The van der Waals surface area contributed by atoms with E-state index in [-0.39, 0.29) is 0 Å². The lowest BCUT2D eigenvalue weighted by Gasteiger charge is -1.95. The molecule has 0 unspecified atom stereocenters. The molecule has 1 aromatic rings. The molecule has 1 heterocycles. The third-order valence-corrected chi connectivity index (χ3v) is 2.60. The van der Waals surface area contributed by atoms with E-state index in [1.807, 2.05) is 6.07 Å². The molecule has 2 amide bonds. The summed E-state index contributed by atoms with van der Waals surface area (Å²) >= 11 is 7.11. The van der Waals surface area contributed by atoms with Crippen LogP contribution in [-0.2, 0) is 0 Å². The summed E-state index contributed by atoms with van der Waals surface area (Å²) < 4.78 is 0.684. The molecule has 0 aliphatic carbocycles. The monoisotopic (exact) mass is 217 g/mol. The molecule has 0 atom stereocenters. The lowest BCUT2D eigenvalue weighted by molar-refractivity contribution is 0.249. The van der Waals surface area contributed by atoms with Gasteiger partial charge in [-0.2, -0.15) is 5.10 Å². The second kappa shape index (κ2) is 4.25. The molecule has 4 nitrogen and oxygen atoms in total. The number of urea groups is 1. The molecule has 0 aliphatic rings. The average Bonchev–Trinajstić information content (AvgIpc) is 2.47. The van der Waals surface area contributed by atoms with Crippen LogP contribution < -0.4 is 11.2 Å². The molecule has 0 fully saturated rings. The summed E-state index contributed by atoms with van der Waals surface area (Å²) in [6, 6.07) is 2.92. The number of halogens is 1. The number of hydrogen-bond acceptors (Lipinski definition) is 3. The van der Waals surface area contributed by atoms with Crippen LogP contribution in [0.2, 0.25) is 4.34 Å². The number of nitrogens with zero attached hydrogens (tertiary/aromatic N) is 1. The fraction of sp³-hybridized carbons (Fsp3) is 0.143. The van der Waals surface area contributed by atoms with Gasteiger partial charge in [-0.25, -0.2) is 10.2 Å². The van der Waals surface area contributed by atoms with E-state index in [0.717, 1.165) is 4.88 Å². The van der Waals surface area contributed by atoms with Gasteiger partial charge in [-0.05, 0) is 19.1 Å². The standard InChI is InChI=1S/C7H8ClN3OS/c1-4(10-11-7(9)12)5-2-3-6(8)13-5/h2-3H,1H3,(H3,9,11,12). The fourth-order valence-electron chi connectivity index (χ4n) is 0.703. The van der Waals surface area contributed by atoms with Crippen LogP contribution in [0.4, 0.5) is 4.79 Å². The molecule has 1 rings (SSSR count). The third kappa shape index (κ3) is 3.04. The maximum absolute atomic E-state index is 10.3. The van der Waals surface area contributed by atoms with Gasteiger partial charge >= 0.3 is 6.03 Å². The summed E-state index contributed by atoms with van der Waals surface area (Å²) in [6.45, 7) is 1.76. The Morgan fingerprint density at radius 3 is 2.85 bits per heavy atom. The van der Waals surface area contributed by atoms with E-state index in [0.29, 0.717) is 10.0 Å². The van der Waals surface area contributed by atoms with Gasteiger partial charge in [0, 0.05) is 0 Å². The molecule has 0 aromatic carbocycles. The first-order valence-corrected chi connectivity index (χ1v) is 4.64. The minimum atomic E-state index is -0.679. The van der Waals surface area contributed by atoms with Crippen molar-refractivity contribution in [2.45, 2.75) is 6.92 Å². The lowest BCUT2D eigenvalue weighted by atomic mass is 10.3. The van der Waals surface area contributed by atoms with E-state index in [1.165, 1.54) is 11.3 Å². The Balaban J connectivity index is 2.72. The van der Waals surface area contributed by atoms with E-state index in [4.69, 9.17) is 17.3 Å². The van der Waals surface area contributed by atoms with Gasteiger partial charge < -0.3 is 5.73 Å². The van der Waals surface area contributed by atoms with Gasteiger partial charge in [0.15, 0.2) is 0 Å². The summed E-state index contributed by atoms with van der Waals surface area (Å²) in [5.74, 6) is 0. The van der Waals surface area contributed by atoms with Crippen molar-refractivity contribution in [1.29, 1.82) is 0 Å².